The number of amides is 1. The molecule has 1 aromatic rings. The minimum atomic E-state index is -0.784. The van der Waals surface area contributed by atoms with E-state index in [2.05, 4.69) is 6.07 Å². The van der Waals surface area contributed by atoms with Gasteiger partial charge in [0, 0.05) is 0 Å². The molecule has 0 spiro atoms. The van der Waals surface area contributed by atoms with Gasteiger partial charge in [-0.05, 0) is 39.2 Å². The summed E-state index contributed by atoms with van der Waals surface area (Å²) in [4.78, 5) is 26.0. The maximum absolute atomic E-state index is 12.4. The van der Waals surface area contributed by atoms with Crippen molar-refractivity contribution in [1.29, 1.82) is 5.26 Å². The van der Waals surface area contributed by atoms with Gasteiger partial charge in [0.05, 0.1) is 6.07 Å². The lowest BCUT2D eigenvalue weighted by atomic mass is 10.2. The van der Waals surface area contributed by atoms with E-state index in [9.17, 15) is 14.9 Å². The van der Waals surface area contributed by atoms with Crippen molar-refractivity contribution < 1.29 is 19.1 Å². The Morgan fingerprint density at radius 1 is 1.25 bits per heavy atom. The first-order valence-corrected chi connectivity index (χ1v) is 7.93. The summed E-state index contributed by atoms with van der Waals surface area (Å²) in [6, 6.07) is 9.90. The van der Waals surface area contributed by atoms with Crippen LogP contribution in [-0.4, -0.2) is 34.6 Å². The van der Waals surface area contributed by atoms with Crippen LogP contribution in [0.2, 0.25) is 0 Å². The SMILES string of the molecule is CC(C)(C)OC(=O)N1C(C#N)CC[C@H]1C(=O)OCc1ccccc1. The Kier molecular flexibility index (Phi) is 5.45. The van der Waals surface area contributed by atoms with Gasteiger partial charge in [0.2, 0.25) is 0 Å². The fraction of sp³-hybridized carbons (Fsp3) is 0.500. The highest BCUT2D eigenvalue weighted by atomic mass is 16.6. The van der Waals surface area contributed by atoms with Crippen molar-refractivity contribution in [3.63, 3.8) is 0 Å². The smallest absolute Gasteiger partial charge is 0.412 e. The van der Waals surface area contributed by atoms with Crippen LogP contribution in [0.25, 0.3) is 0 Å². The van der Waals surface area contributed by atoms with E-state index in [1.165, 1.54) is 4.90 Å². The van der Waals surface area contributed by atoms with E-state index in [1.54, 1.807) is 20.8 Å². The molecule has 1 heterocycles. The minimum absolute atomic E-state index is 0.134. The molecular weight excluding hydrogens is 308 g/mol. The van der Waals surface area contributed by atoms with Crippen molar-refractivity contribution in [2.24, 2.45) is 0 Å². The van der Waals surface area contributed by atoms with Gasteiger partial charge in [-0.3, -0.25) is 4.90 Å². The molecule has 0 radical (unpaired) electrons. The summed E-state index contributed by atoms with van der Waals surface area (Å²) in [5.41, 5.74) is 0.169. The summed E-state index contributed by atoms with van der Waals surface area (Å²) in [6.07, 6.45) is 0.166. The van der Waals surface area contributed by atoms with Crippen LogP contribution in [0.3, 0.4) is 0 Å². The highest BCUT2D eigenvalue weighted by Gasteiger charge is 2.44. The molecule has 1 unspecified atom stereocenters. The van der Waals surface area contributed by atoms with Crippen molar-refractivity contribution in [2.45, 2.75) is 57.9 Å². The molecule has 0 aromatic heterocycles. The fourth-order valence-corrected chi connectivity index (χ4v) is 2.56. The van der Waals surface area contributed by atoms with Crippen LogP contribution < -0.4 is 0 Å². The van der Waals surface area contributed by atoms with Gasteiger partial charge < -0.3 is 9.47 Å². The van der Waals surface area contributed by atoms with Crippen LogP contribution in [0.4, 0.5) is 4.79 Å². The van der Waals surface area contributed by atoms with Gasteiger partial charge in [-0.15, -0.1) is 0 Å². The van der Waals surface area contributed by atoms with Gasteiger partial charge in [0.1, 0.15) is 24.3 Å². The lowest BCUT2D eigenvalue weighted by Crippen LogP contribution is -2.47. The number of hydrogen-bond acceptors (Lipinski definition) is 5. The first-order valence-electron chi connectivity index (χ1n) is 7.93. The van der Waals surface area contributed by atoms with Crippen LogP contribution in [0.5, 0.6) is 0 Å². The average molecular weight is 330 g/mol. The maximum atomic E-state index is 12.4. The van der Waals surface area contributed by atoms with Gasteiger partial charge in [0.25, 0.3) is 0 Å². The lowest BCUT2D eigenvalue weighted by Gasteiger charge is -2.29. The molecule has 0 saturated carbocycles. The molecule has 2 atom stereocenters. The number of rotatable bonds is 3. The molecule has 0 N–H and O–H groups in total. The normalized spacial score (nSPS) is 20.3. The molecule has 0 bridgehead atoms. The third-order valence-electron chi connectivity index (χ3n) is 3.63. The molecule has 1 saturated heterocycles. The molecule has 1 aliphatic rings. The molecule has 24 heavy (non-hydrogen) atoms. The predicted molar refractivity (Wildman–Crippen MR) is 86.7 cm³/mol. The number of esters is 1. The van der Waals surface area contributed by atoms with E-state index in [-0.39, 0.29) is 6.61 Å². The van der Waals surface area contributed by atoms with Crippen LogP contribution in [0.15, 0.2) is 30.3 Å². The summed E-state index contributed by atoms with van der Waals surface area (Å²) in [6.45, 7) is 5.36. The first kappa shape index (κ1) is 17.8. The number of likely N-dealkylation sites (tertiary alicyclic amines) is 1. The molecule has 1 aromatic carbocycles. The molecule has 1 aliphatic heterocycles. The summed E-state index contributed by atoms with van der Waals surface area (Å²) < 4.78 is 10.6. The maximum Gasteiger partial charge on any atom is 0.412 e. The van der Waals surface area contributed by atoms with Crippen molar-refractivity contribution in [2.75, 3.05) is 0 Å². The van der Waals surface area contributed by atoms with E-state index in [0.717, 1.165) is 5.56 Å². The Bertz CT molecular complexity index is 631. The zero-order chi connectivity index (χ0) is 17.7. The van der Waals surface area contributed by atoms with Crippen LogP contribution in [-0.2, 0) is 20.9 Å². The topological polar surface area (TPSA) is 79.6 Å². The minimum Gasteiger partial charge on any atom is -0.459 e. The molecule has 6 nitrogen and oxygen atoms in total. The van der Waals surface area contributed by atoms with Gasteiger partial charge in [0.15, 0.2) is 0 Å². The number of benzene rings is 1. The molecule has 6 heteroatoms. The number of hydrogen-bond donors (Lipinski definition) is 0. The zero-order valence-corrected chi connectivity index (χ0v) is 14.2. The van der Waals surface area contributed by atoms with Crippen molar-refractivity contribution in [1.82, 2.24) is 4.90 Å². The van der Waals surface area contributed by atoms with Crippen molar-refractivity contribution in [3.05, 3.63) is 35.9 Å². The fourth-order valence-electron chi connectivity index (χ4n) is 2.56. The van der Waals surface area contributed by atoms with E-state index in [4.69, 9.17) is 9.47 Å². The standard InChI is InChI=1S/C18H22N2O4/c1-18(2,3)24-17(22)20-14(11-19)9-10-15(20)16(21)23-12-13-7-5-4-6-8-13/h4-8,14-15H,9-10,12H2,1-3H3/t14?,15-/m0/s1. The molecule has 2 rings (SSSR count). The summed E-state index contributed by atoms with van der Waals surface area (Å²) >= 11 is 0. The van der Waals surface area contributed by atoms with Gasteiger partial charge in [-0.1, -0.05) is 30.3 Å². The Morgan fingerprint density at radius 2 is 1.92 bits per heavy atom. The number of carbonyl (C=O) groups is 2. The second kappa shape index (κ2) is 7.35. The molecular formula is C18H22N2O4. The first-order chi connectivity index (χ1) is 11.3. The van der Waals surface area contributed by atoms with Crippen molar-refractivity contribution in [3.8, 4) is 6.07 Å². The molecule has 1 fully saturated rings. The highest BCUT2D eigenvalue weighted by Crippen LogP contribution is 2.27. The zero-order valence-electron chi connectivity index (χ0n) is 14.2. The van der Waals surface area contributed by atoms with Gasteiger partial charge >= 0.3 is 12.1 Å². The van der Waals surface area contributed by atoms with Crippen molar-refractivity contribution >= 4 is 12.1 Å². The Labute approximate surface area is 142 Å². The van der Waals surface area contributed by atoms with Gasteiger partial charge in [-0.2, -0.15) is 5.26 Å². The second-order valence-electron chi connectivity index (χ2n) is 6.72. The van der Waals surface area contributed by atoms with E-state index in [0.29, 0.717) is 12.8 Å². The van der Waals surface area contributed by atoms with Crippen LogP contribution >= 0.6 is 0 Å². The third-order valence-corrected chi connectivity index (χ3v) is 3.63. The monoisotopic (exact) mass is 330 g/mol. The van der Waals surface area contributed by atoms with Crippen LogP contribution in [0.1, 0.15) is 39.2 Å². The summed E-state index contributed by atoms with van der Waals surface area (Å²) in [5.74, 6) is -0.512. The van der Waals surface area contributed by atoms with E-state index >= 15 is 0 Å². The Balaban J connectivity index is 2.05. The van der Waals surface area contributed by atoms with E-state index < -0.39 is 29.7 Å². The summed E-state index contributed by atoms with van der Waals surface area (Å²) in [7, 11) is 0. The predicted octanol–water partition coefficient (Wildman–Crippen LogP) is 3.02. The highest BCUT2D eigenvalue weighted by molar-refractivity contribution is 5.82. The largest absolute Gasteiger partial charge is 0.459 e. The molecule has 0 aliphatic carbocycles. The van der Waals surface area contributed by atoms with Crippen LogP contribution in [0, 0.1) is 11.3 Å². The quantitative estimate of drug-likeness (QED) is 0.796. The molecule has 128 valence electrons. The third kappa shape index (κ3) is 4.48. The number of nitrogens with zero attached hydrogens (tertiary/aromatic N) is 2. The van der Waals surface area contributed by atoms with E-state index in [1.807, 2.05) is 30.3 Å². The number of nitriles is 1. The number of ether oxygens (including phenoxy) is 2. The number of carbonyl (C=O) groups excluding carboxylic acids is 2. The average Bonchev–Trinajstić information content (AvgIpc) is 2.96. The van der Waals surface area contributed by atoms with Gasteiger partial charge in [-0.25, -0.2) is 9.59 Å². The second-order valence-corrected chi connectivity index (χ2v) is 6.72. The lowest BCUT2D eigenvalue weighted by molar-refractivity contribution is -0.150. The Hall–Kier alpha value is -2.55. The molecule has 1 amide bonds. The summed E-state index contributed by atoms with van der Waals surface area (Å²) in [5, 5.41) is 9.24. The Morgan fingerprint density at radius 3 is 2.50 bits per heavy atom.